The maximum absolute atomic E-state index is 8.83. The number of aliphatic hydroxyl groups excluding tert-OH is 1. The normalized spacial score (nSPS) is 9.92. The molecule has 3 nitrogen and oxygen atoms in total. The number of nitrogens with two attached hydrogens (primary N) is 1. The summed E-state index contributed by atoms with van der Waals surface area (Å²) in [6.45, 7) is -0.174. The second-order valence-corrected chi connectivity index (χ2v) is 2.71. The van der Waals surface area contributed by atoms with Gasteiger partial charge in [-0.1, -0.05) is 17.7 Å². The van der Waals surface area contributed by atoms with Gasteiger partial charge in [0.15, 0.2) is 0 Å². The fourth-order valence-electron chi connectivity index (χ4n) is 0.927. The van der Waals surface area contributed by atoms with Crippen molar-refractivity contribution < 1.29 is 10.1 Å². The summed E-state index contributed by atoms with van der Waals surface area (Å²) in [5.41, 5.74) is 6.79. The lowest BCUT2D eigenvalue weighted by Crippen LogP contribution is -2.21. The zero-order valence-electron chi connectivity index (χ0n) is 6.29. The van der Waals surface area contributed by atoms with E-state index in [4.69, 9.17) is 27.5 Å². The molecule has 0 atom stereocenters. The van der Waals surface area contributed by atoms with Crippen LogP contribution in [0.2, 0.25) is 5.02 Å². The number of anilines is 1. The van der Waals surface area contributed by atoms with Crippen molar-refractivity contribution in [2.45, 2.75) is 6.61 Å². The summed E-state index contributed by atoms with van der Waals surface area (Å²) in [4.78, 5) is 0. The second kappa shape index (κ2) is 3.80. The topological polar surface area (TPSA) is 66.5 Å². The van der Waals surface area contributed by atoms with Gasteiger partial charge in [0.05, 0.1) is 11.6 Å². The molecule has 5 heteroatoms. The number of rotatable bonds is 2. The lowest BCUT2D eigenvalue weighted by atomic mass is 9.84. The molecule has 0 aliphatic rings. The maximum Gasteiger partial charge on any atom is 0.328 e. The lowest BCUT2D eigenvalue weighted by Gasteiger charge is -2.07. The molecule has 0 fully saturated rings. The van der Waals surface area contributed by atoms with Gasteiger partial charge in [-0.05, 0) is 17.1 Å². The highest BCUT2D eigenvalue weighted by Crippen LogP contribution is 2.16. The number of benzene rings is 1. The van der Waals surface area contributed by atoms with Crippen LogP contribution in [0.3, 0.4) is 0 Å². The highest BCUT2D eigenvalue weighted by molar-refractivity contribution is 6.54. The van der Waals surface area contributed by atoms with Crippen molar-refractivity contribution >= 4 is 30.2 Å². The van der Waals surface area contributed by atoms with Crippen LogP contribution in [0, 0.1) is 0 Å². The first kappa shape index (κ1) is 9.38. The molecule has 0 spiro atoms. The molecule has 0 aromatic heterocycles. The van der Waals surface area contributed by atoms with E-state index in [9.17, 15) is 0 Å². The van der Waals surface area contributed by atoms with Gasteiger partial charge in [0, 0.05) is 5.69 Å². The summed E-state index contributed by atoms with van der Waals surface area (Å²) in [6, 6.07) is 3.20. The Balaban J connectivity index is 3.25. The van der Waals surface area contributed by atoms with Gasteiger partial charge in [0.1, 0.15) is 0 Å². The summed E-state index contributed by atoms with van der Waals surface area (Å²) in [7, 11) is 0.838. The van der Waals surface area contributed by atoms with Crippen LogP contribution in [-0.4, -0.2) is 17.6 Å². The van der Waals surface area contributed by atoms with Crippen molar-refractivity contribution in [3.63, 3.8) is 0 Å². The summed E-state index contributed by atoms with van der Waals surface area (Å²) < 4.78 is 0. The van der Waals surface area contributed by atoms with E-state index >= 15 is 0 Å². The van der Waals surface area contributed by atoms with Crippen LogP contribution in [0.25, 0.3) is 0 Å². The SMILES string of the molecule is Nc1ccc(CO)c([B]O)c1Cl. The van der Waals surface area contributed by atoms with Crippen molar-refractivity contribution in [3.8, 4) is 0 Å². The van der Waals surface area contributed by atoms with Crippen LogP contribution < -0.4 is 11.2 Å². The average Bonchev–Trinajstić information content (AvgIpc) is 2.09. The van der Waals surface area contributed by atoms with E-state index in [0.717, 1.165) is 7.48 Å². The van der Waals surface area contributed by atoms with Crippen molar-refractivity contribution in [1.82, 2.24) is 0 Å². The van der Waals surface area contributed by atoms with Crippen LogP contribution in [0.1, 0.15) is 5.56 Å². The fraction of sp³-hybridized carbons (Fsp3) is 0.143. The van der Waals surface area contributed by atoms with Crippen LogP contribution in [-0.2, 0) is 6.61 Å². The number of nitrogen functional groups attached to an aromatic ring is 1. The highest BCUT2D eigenvalue weighted by atomic mass is 35.5. The van der Waals surface area contributed by atoms with Crippen molar-refractivity contribution in [3.05, 3.63) is 22.7 Å². The van der Waals surface area contributed by atoms with Gasteiger partial charge < -0.3 is 15.9 Å². The third kappa shape index (κ3) is 1.55. The highest BCUT2D eigenvalue weighted by Gasteiger charge is 2.09. The molecule has 0 saturated heterocycles. The molecule has 0 aliphatic carbocycles. The van der Waals surface area contributed by atoms with E-state index in [1.807, 2.05) is 0 Å². The van der Waals surface area contributed by atoms with Gasteiger partial charge in [-0.15, -0.1) is 0 Å². The van der Waals surface area contributed by atoms with Crippen LogP contribution in [0.5, 0.6) is 0 Å². The van der Waals surface area contributed by atoms with Crippen LogP contribution in [0.4, 0.5) is 5.69 Å². The molecule has 0 saturated carbocycles. The molecule has 1 aromatic carbocycles. The Morgan fingerprint density at radius 2 is 2.17 bits per heavy atom. The van der Waals surface area contributed by atoms with Crippen LogP contribution in [0.15, 0.2) is 12.1 Å². The molecule has 63 valence electrons. The minimum Gasteiger partial charge on any atom is -0.450 e. The first-order valence-electron chi connectivity index (χ1n) is 3.35. The third-order valence-corrected chi connectivity index (χ3v) is 2.02. The number of hydrogen-bond acceptors (Lipinski definition) is 3. The van der Waals surface area contributed by atoms with E-state index in [2.05, 4.69) is 0 Å². The predicted molar refractivity (Wildman–Crippen MR) is 49.4 cm³/mol. The third-order valence-electron chi connectivity index (χ3n) is 1.60. The Morgan fingerprint density at radius 1 is 1.50 bits per heavy atom. The lowest BCUT2D eigenvalue weighted by molar-refractivity contribution is 0.282. The minimum absolute atomic E-state index is 0.174. The molecule has 12 heavy (non-hydrogen) atoms. The average molecular weight is 184 g/mol. The first-order chi connectivity index (χ1) is 5.70. The Morgan fingerprint density at radius 3 is 2.67 bits per heavy atom. The van der Waals surface area contributed by atoms with Crippen molar-refractivity contribution in [1.29, 1.82) is 0 Å². The van der Waals surface area contributed by atoms with Gasteiger partial charge in [0.25, 0.3) is 0 Å². The van der Waals surface area contributed by atoms with Gasteiger partial charge >= 0.3 is 7.48 Å². The molecule has 0 bridgehead atoms. The first-order valence-corrected chi connectivity index (χ1v) is 3.73. The Kier molecular flexibility index (Phi) is 2.97. The second-order valence-electron chi connectivity index (χ2n) is 2.33. The minimum atomic E-state index is -0.174. The van der Waals surface area contributed by atoms with E-state index in [-0.39, 0.29) is 11.6 Å². The largest absolute Gasteiger partial charge is 0.450 e. The number of aliphatic hydroxyl groups is 1. The molecular weight excluding hydrogens is 176 g/mol. The number of halogens is 1. The standard InChI is InChI=1S/C7H8BClNO2/c9-7-5(10)2-1-4(3-11)6(7)8-12/h1-2,11-12H,3,10H2. The van der Waals surface area contributed by atoms with Crippen LogP contribution >= 0.6 is 11.6 Å². The quantitative estimate of drug-likeness (QED) is 0.435. The monoisotopic (exact) mass is 184 g/mol. The number of hydrogen-bond donors (Lipinski definition) is 3. The molecular formula is C7H8BClNO2. The molecule has 0 amide bonds. The molecule has 0 unspecified atom stereocenters. The summed E-state index contributed by atoms with van der Waals surface area (Å²) in [5, 5.41) is 17.9. The van der Waals surface area contributed by atoms with Crippen molar-refractivity contribution in [2.75, 3.05) is 5.73 Å². The molecule has 0 aliphatic heterocycles. The Hall–Kier alpha value is -0.705. The summed E-state index contributed by atoms with van der Waals surface area (Å²) in [5.74, 6) is 0. The maximum atomic E-state index is 8.83. The molecule has 1 radical (unpaired) electrons. The Labute approximate surface area is 76.1 Å². The zero-order valence-corrected chi connectivity index (χ0v) is 7.04. The molecule has 1 rings (SSSR count). The van der Waals surface area contributed by atoms with E-state index < -0.39 is 0 Å². The van der Waals surface area contributed by atoms with Gasteiger partial charge in [-0.3, -0.25) is 0 Å². The van der Waals surface area contributed by atoms with E-state index in [0.29, 0.717) is 16.7 Å². The Bertz CT molecular complexity index is 293. The smallest absolute Gasteiger partial charge is 0.328 e. The summed E-state index contributed by atoms with van der Waals surface area (Å²) in [6.07, 6.45) is 0. The van der Waals surface area contributed by atoms with E-state index in [1.165, 1.54) is 0 Å². The van der Waals surface area contributed by atoms with E-state index in [1.54, 1.807) is 12.1 Å². The molecule has 4 N–H and O–H groups in total. The van der Waals surface area contributed by atoms with Crippen molar-refractivity contribution in [2.24, 2.45) is 0 Å². The molecule has 1 aromatic rings. The molecule has 0 heterocycles. The van der Waals surface area contributed by atoms with Gasteiger partial charge in [-0.25, -0.2) is 0 Å². The zero-order chi connectivity index (χ0) is 9.14. The van der Waals surface area contributed by atoms with Gasteiger partial charge in [-0.2, -0.15) is 0 Å². The summed E-state index contributed by atoms with van der Waals surface area (Å²) >= 11 is 5.75. The predicted octanol–water partition coefficient (Wildman–Crippen LogP) is -0.349. The van der Waals surface area contributed by atoms with Gasteiger partial charge in [0.2, 0.25) is 0 Å². The fourth-order valence-corrected chi connectivity index (χ4v) is 1.16.